The fourth-order valence-corrected chi connectivity index (χ4v) is 5.45. The molecule has 4 rings (SSSR count). The molecule has 1 unspecified atom stereocenters. The van der Waals surface area contributed by atoms with E-state index in [-0.39, 0.29) is 17.9 Å². The molecule has 1 atom stereocenters. The molecule has 6 nitrogen and oxygen atoms in total. The van der Waals surface area contributed by atoms with Crippen LogP contribution < -0.4 is 4.90 Å². The van der Waals surface area contributed by atoms with E-state index < -0.39 is 27.9 Å². The number of carbonyl (C=O) groups excluding carboxylic acids is 2. The first-order valence-corrected chi connectivity index (χ1v) is 11.8. The number of nitrogens with zero attached hydrogens (tertiary/aromatic N) is 2. The zero-order chi connectivity index (χ0) is 22.9. The predicted octanol–water partition coefficient (Wildman–Crippen LogP) is 4.17. The molecule has 1 saturated heterocycles. The molecule has 1 aliphatic rings. The van der Waals surface area contributed by atoms with Gasteiger partial charge in [0.1, 0.15) is 6.04 Å². The molecule has 32 heavy (non-hydrogen) atoms. The molecule has 0 N–H and O–H groups in total. The maximum atomic E-state index is 13.6. The second kappa shape index (κ2) is 8.86. The van der Waals surface area contributed by atoms with Gasteiger partial charge in [0.15, 0.2) is 0 Å². The molecule has 1 aliphatic heterocycles. The van der Waals surface area contributed by atoms with Gasteiger partial charge in [-0.3, -0.25) is 9.59 Å². The maximum Gasteiger partial charge on any atom is 0.252 e. The van der Waals surface area contributed by atoms with Gasteiger partial charge in [0.25, 0.3) is 5.91 Å². The van der Waals surface area contributed by atoms with E-state index in [9.17, 15) is 18.0 Å². The van der Waals surface area contributed by atoms with Crippen LogP contribution >= 0.6 is 11.6 Å². The average molecular weight is 469 g/mol. The van der Waals surface area contributed by atoms with Gasteiger partial charge in [-0.25, -0.2) is 13.3 Å². The molecular weight excluding hydrogens is 448 g/mol. The van der Waals surface area contributed by atoms with Crippen molar-refractivity contribution >= 4 is 39.1 Å². The lowest BCUT2D eigenvalue weighted by Crippen LogP contribution is -2.45. The van der Waals surface area contributed by atoms with Crippen LogP contribution in [0.1, 0.15) is 17.5 Å². The smallest absolute Gasteiger partial charge is 0.252 e. The average Bonchev–Trinajstić information content (AvgIpc) is 3.07. The minimum Gasteiger partial charge on any atom is -0.274 e. The van der Waals surface area contributed by atoms with Gasteiger partial charge in [0.05, 0.1) is 17.0 Å². The number of sulfonamides is 1. The Balaban J connectivity index is 1.77. The number of anilines is 1. The van der Waals surface area contributed by atoms with Crippen molar-refractivity contribution < 1.29 is 18.0 Å². The molecule has 0 radical (unpaired) electrons. The van der Waals surface area contributed by atoms with Crippen LogP contribution in [0.25, 0.3) is 0 Å². The van der Waals surface area contributed by atoms with Gasteiger partial charge in [-0.05, 0) is 42.8 Å². The minimum absolute atomic E-state index is 0.0496. The number of amides is 2. The van der Waals surface area contributed by atoms with Gasteiger partial charge >= 0.3 is 0 Å². The Labute approximate surface area is 192 Å². The van der Waals surface area contributed by atoms with Crippen molar-refractivity contribution in [2.45, 2.75) is 30.8 Å². The van der Waals surface area contributed by atoms with E-state index >= 15 is 0 Å². The molecule has 2 amide bonds. The SMILES string of the molecule is Cc1ccc(S(=O)(=O)N(Cc2ccccc2Cl)C2CC(=O)N(c3ccccc3)C2=O)cc1. The summed E-state index contributed by atoms with van der Waals surface area (Å²) in [7, 11) is -4.10. The summed E-state index contributed by atoms with van der Waals surface area (Å²) in [5.41, 5.74) is 1.86. The number of imide groups is 1. The van der Waals surface area contributed by atoms with Crippen molar-refractivity contribution in [1.29, 1.82) is 0 Å². The van der Waals surface area contributed by atoms with Crippen LogP contribution in [0.2, 0.25) is 5.02 Å². The van der Waals surface area contributed by atoms with Crippen LogP contribution in [0, 0.1) is 6.92 Å². The Kier molecular flexibility index (Phi) is 6.15. The van der Waals surface area contributed by atoms with E-state index in [0.717, 1.165) is 14.8 Å². The Hall–Kier alpha value is -3.00. The quantitative estimate of drug-likeness (QED) is 0.509. The zero-order valence-electron chi connectivity index (χ0n) is 17.3. The molecule has 0 saturated carbocycles. The van der Waals surface area contributed by atoms with Gasteiger partial charge in [0, 0.05) is 11.6 Å². The molecule has 8 heteroatoms. The minimum atomic E-state index is -4.10. The summed E-state index contributed by atoms with van der Waals surface area (Å²) < 4.78 is 28.4. The van der Waals surface area contributed by atoms with E-state index in [1.54, 1.807) is 66.7 Å². The molecule has 164 valence electrons. The molecule has 3 aromatic rings. The van der Waals surface area contributed by atoms with Crippen molar-refractivity contribution in [1.82, 2.24) is 4.31 Å². The van der Waals surface area contributed by atoms with Gasteiger partial charge in [-0.2, -0.15) is 4.31 Å². The summed E-state index contributed by atoms with van der Waals surface area (Å²) in [6, 6.07) is 20.6. The Morgan fingerprint density at radius 2 is 1.56 bits per heavy atom. The topological polar surface area (TPSA) is 74.8 Å². The summed E-state index contributed by atoms with van der Waals surface area (Å²) >= 11 is 6.30. The molecule has 1 heterocycles. The van der Waals surface area contributed by atoms with E-state index in [1.807, 2.05) is 6.92 Å². The second-order valence-corrected chi connectivity index (χ2v) is 9.88. The van der Waals surface area contributed by atoms with Crippen LogP contribution in [0.5, 0.6) is 0 Å². The summed E-state index contributed by atoms with van der Waals surface area (Å²) in [6.45, 7) is 1.72. The highest BCUT2D eigenvalue weighted by molar-refractivity contribution is 7.89. The number of benzene rings is 3. The lowest BCUT2D eigenvalue weighted by Gasteiger charge is -2.27. The Bertz CT molecular complexity index is 1260. The predicted molar refractivity (Wildman–Crippen MR) is 123 cm³/mol. The largest absolute Gasteiger partial charge is 0.274 e. The highest BCUT2D eigenvalue weighted by atomic mass is 35.5. The van der Waals surface area contributed by atoms with Crippen LogP contribution in [-0.2, 0) is 26.2 Å². The molecule has 0 bridgehead atoms. The summed E-state index contributed by atoms with van der Waals surface area (Å²) in [6.07, 6.45) is -0.247. The van der Waals surface area contributed by atoms with E-state index in [4.69, 9.17) is 11.6 Å². The second-order valence-electron chi connectivity index (χ2n) is 7.58. The normalized spacial score (nSPS) is 16.7. The zero-order valence-corrected chi connectivity index (χ0v) is 18.9. The third-order valence-electron chi connectivity index (χ3n) is 5.40. The highest BCUT2D eigenvalue weighted by Crippen LogP contribution is 2.31. The van der Waals surface area contributed by atoms with Gasteiger partial charge in [-0.1, -0.05) is 65.7 Å². The molecule has 0 aromatic heterocycles. The summed E-state index contributed by atoms with van der Waals surface area (Å²) in [5, 5.41) is 0.383. The van der Waals surface area contributed by atoms with Gasteiger partial charge in [0.2, 0.25) is 15.9 Å². The van der Waals surface area contributed by atoms with Crippen LogP contribution in [0.4, 0.5) is 5.69 Å². The van der Waals surface area contributed by atoms with Crippen LogP contribution in [-0.4, -0.2) is 30.6 Å². The molecular formula is C24H21ClN2O4S. The van der Waals surface area contributed by atoms with Crippen molar-refractivity contribution in [3.05, 3.63) is 95.0 Å². The third-order valence-corrected chi connectivity index (χ3v) is 7.63. The van der Waals surface area contributed by atoms with Crippen LogP contribution in [0.15, 0.2) is 83.8 Å². The van der Waals surface area contributed by atoms with Gasteiger partial charge < -0.3 is 0 Å². The first-order valence-electron chi connectivity index (χ1n) is 10.0. The van der Waals surface area contributed by atoms with Crippen molar-refractivity contribution in [2.75, 3.05) is 4.90 Å². The first kappa shape index (κ1) is 22.2. The number of aryl methyl sites for hydroxylation is 1. The number of halogens is 1. The van der Waals surface area contributed by atoms with Crippen LogP contribution in [0.3, 0.4) is 0 Å². The number of hydrogen-bond donors (Lipinski definition) is 0. The van der Waals surface area contributed by atoms with Crippen molar-refractivity contribution in [3.8, 4) is 0 Å². The fraction of sp³-hybridized carbons (Fsp3) is 0.167. The maximum absolute atomic E-state index is 13.6. The lowest BCUT2D eigenvalue weighted by atomic mass is 10.2. The van der Waals surface area contributed by atoms with E-state index in [0.29, 0.717) is 16.3 Å². The van der Waals surface area contributed by atoms with E-state index in [1.165, 1.54) is 12.1 Å². The van der Waals surface area contributed by atoms with Crippen molar-refractivity contribution in [3.63, 3.8) is 0 Å². The van der Waals surface area contributed by atoms with Gasteiger partial charge in [-0.15, -0.1) is 0 Å². The molecule has 0 aliphatic carbocycles. The van der Waals surface area contributed by atoms with Crippen molar-refractivity contribution in [2.24, 2.45) is 0 Å². The Morgan fingerprint density at radius 3 is 2.22 bits per heavy atom. The first-order chi connectivity index (χ1) is 15.3. The monoisotopic (exact) mass is 468 g/mol. The fourth-order valence-electron chi connectivity index (χ4n) is 3.69. The van der Waals surface area contributed by atoms with E-state index in [2.05, 4.69) is 0 Å². The lowest BCUT2D eigenvalue weighted by molar-refractivity contribution is -0.122. The Morgan fingerprint density at radius 1 is 0.938 bits per heavy atom. The molecule has 1 fully saturated rings. The molecule has 0 spiro atoms. The highest BCUT2D eigenvalue weighted by Gasteiger charge is 2.47. The number of hydrogen-bond acceptors (Lipinski definition) is 4. The number of rotatable bonds is 6. The summed E-state index contributed by atoms with van der Waals surface area (Å²) in [5.74, 6) is -1.03. The standard InChI is InChI=1S/C24H21ClN2O4S/c1-17-11-13-20(14-12-17)32(30,31)26(16-18-7-5-6-10-21(18)25)22-15-23(28)27(24(22)29)19-8-3-2-4-9-19/h2-14,22H,15-16H2,1H3. The number of para-hydroxylation sites is 1. The number of carbonyl (C=O) groups is 2. The third kappa shape index (κ3) is 4.19. The summed E-state index contributed by atoms with van der Waals surface area (Å²) in [4.78, 5) is 27.2. The molecule has 3 aromatic carbocycles.